The third-order valence-corrected chi connectivity index (χ3v) is 6.24. The van der Waals surface area contributed by atoms with E-state index in [0.717, 1.165) is 24.4 Å². The lowest BCUT2D eigenvalue weighted by atomic mass is 9.99. The predicted octanol–water partition coefficient (Wildman–Crippen LogP) is 4.58. The first-order valence-corrected chi connectivity index (χ1v) is 10.2. The maximum atomic E-state index is 13.2. The number of amides is 1. The summed E-state index contributed by atoms with van der Waals surface area (Å²) in [6.07, 6.45) is 0. The molecule has 0 aliphatic rings. The van der Waals surface area contributed by atoms with E-state index in [4.69, 9.17) is 12.2 Å². The molecule has 1 atom stereocenters. The van der Waals surface area contributed by atoms with Crippen molar-refractivity contribution >= 4 is 35.0 Å². The third kappa shape index (κ3) is 5.08. The van der Waals surface area contributed by atoms with Crippen LogP contribution in [0.5, 0.6) is 0 Å². The van der Waals surface area contributed by atoms with Crippen LogP contribution >= 0.6 is 24.0 Å². The fourth-order valence-corrected chi connectivity index (χ4v) is 4.13. The molecule has 3 nitrogen and oxygen atoms in total. The topological polar surface area (TPSA) is 32.3 Å². The Labute approximate surface area is 166 Å². The standard InChI is InChI=1S/C21H26N2OS2/c1-4-23(5-2)20(25)22-19(24)21(3,18-14-10-7-11-15-18)26-16-17-12-8-6-9-13-17/h6-15H,4-5,16H2,1-3H3,(H,22,24,25)/t21-/m0/s1. The highest BCUT2D eigenvalue weighted by Crippen LogP contribution is 2.38. The summed E-state index contributed by atoms with van der Waals surface area (Å²) >= 11 is 7.05. The summed E-state index contributed by atoms with van der Waals surface area (Å²) in [6, 6.07) is 20.1. The number of carbonyl (C=O) groups is 1. The van der Waals surface area contributed by atoms with Crippen LogP contribution in [-0.2, 0) is 15.3 Å². The van der Waals surface area contributed by atoms with Crippen molar-refractivity contribution in [2.24, 2.45) is 0 Å². The number of benzene rings is 2. The van der Waals surface area contributed by atoms with Crippen LogP contribution < -0.4 is 5.32 Å². The quantitative estimate of drug-likeness (QED) is 0.706. The summed E-state index contributed by atoms with van der Waals surface area (Å²) in [5.41, 5.74) is 2.17. The Morgan fingerprint density at radius 1 is 1.04 bits per heavy atom. The Morgan fingerprint density at radius 2 is 1.58 bits per heavy atom. The molecule has 2 aromatic rings. The summed E-state index contributed by atoms with van der Waals surface area (Å²) in [6.45, 7) is 7.57. The molecule has 0 aliphatic heterocycles. The maximum Gasteiger partial charge on any atom is 0.246 e. The minimum Gasteiger partial charge on any atom is -0.350 e. The zero-order valence-corrected chi connectivity index (χ0v) is 17.2. The second kappa shape index (κ2) is 9.74. The zero-order valence-electron chi connectivity index (χ0n) is 15.6. The van der Waals surface area contributed by atoms with Crippen molar-refractivity contribution < 1.29 is 4.79 Å². The van der Waals surface area contributed by atoms with Crippen LogP contribution in [0.15, 0.2) is 60.7 Å². The van der Waals surface area contributed by atoms with Crippen LogP contribution in [0.4, 0.5) is 0 Å². The fraction of sp³-hybridized carbons (Fsp3) is 0.333. The second-order valence-corrected chi connectivity index (χ2v) is 7.89. The van der Waals surface area contributed by atoms with Crippen molar-refractivity contribution in [1.29, 1.82) is 0 Å². The van der Waals surface area contributed by atoms with Crippen LogP contribution in [0, 0.1) is 0 Å². The van der Waals surface area contributed by atoms with Crippen molar-refractivity contribution in [3.8, 4) is 0 Å². The van der Waals surface area contributed by atoms with Gasteiger partial charge in [-0.15, -0.1) is 11.8 Å². The third-order valence-electron chi connectivity index (χ3n) is 4.40. The largest absolute Gasteiger partial charge is 0.350 e. The van der Waals surface area contributed by atoms with Gasteiger partial charge in [0, 0.05) is 18.8 Å². The number of thiocarbonyl (C=S) groups is 1. The summed E-state index contributed by atoms with van der Waals surface area (Å²) < 4.78 is -0.728. The van der Waals surface area contributed by atoms with Gasteiger partial charge in [-0.25, -0.2) is 0 Å². The number of hydrogen-bond donors (Lipinski definition) is 1. The van der Waals surface area contributed by atoms with Gasteiger partial charge < -0.3 is 10.2 Å². The number of carbonyl (C=O) groups excluding carboxylic acids is 1. The first-order valence-electron chi connectivity index (χ1n) is 8.85. The molecule has 2 rings (SSSR count). The summed E-state index contributed by atoms with van der Waals surface area (Å²) in [7, 11) is 0. The highest BCUT2D eigenvalue weighted by molar-refractivity contribution is 8.00. The Morgan fingerprint density at radius 3 is 2.12 bits per heavy atom. The molecule has 1 amide bonds. The number of rotatable bonds is 7. The van der Waals surface area contributed by atoms with E-state index in [0.29, 0.717) is 5.11 Å². The van der Waals surface area contributed by atoms with E-state index >= 15 is 0 Å². The van der Waals surface area contributed by atoms with Crippen molar-refractivity contribution in [3.63, 3.8) is 0 Å². The monoisotopic (exact) mass is 386 g/mol. The molecule has 2 aromatic carbocycles. The van der Waals surface area contributed by atoms with Crippen LogP contribution in [0.25, 0.3) is 0 Å². The molecule has 0 bridgehead atoms. The molecule has 0 radical (unpaired) electrons. The molecule has 0 aliphatic carbocycles. The normalized spacial score (nSPS) is 12.9. The average Bonchev–Trinajstić information content (AvgIpc) is 2.68. The van der Waals surface area contributed by atoms with Gasteiger partial charge in [-0.3, -0.25) is 4.79 Å². The van der Waals surface area contributed by atoms with Crippen LogP contribution in [-0.4, -0.2) is 29.0 Å². The van der Waals surface area contributed by atoms with Crippen molar-refractivity contribution in [1.82, 2.24) is 10.2 Å². The molecule has 0 aromatic heterocycles. The van der Waals surface area contributed by atoms with E-state index in [1.165, 1.54) is 5.56 Å². The number of thioether (sulfide) groups is 1. The Balaban J connectivity index is 2.22. The molecule has 0 saturated heterocycles. The first kappa shape index (κ1) is 20.5. The average molecular weight is 387 g/mol. The van der Waals surface area contributed by atoms with Gasteiger partial charge in [-0.2, -0.15) is 0 Å². The summed E-state index contributed by atoms with van der Waals surface area (Å²) in [4.78, 5) is 15.2. The maximum absolute atomic E-state index is 13.2. The highest BCUT2D eigenvalue weighted by Gasteiger charge is 2.36. The van der Waals surface area contributed by atoms with E-state index in [1.54, 1.807) is 11.8 Å². The first-order chi connectivity index (χ1) is 12.5. The number of hydrogen-bond acceptors (Lipinski definition) is 3. The van der Waals surface area contributed by atoms with Crippen LogP contribution in [0.3, 0.4) is 0 Å². The Kier molecular flexibility index (Phi) is 7.66. The molecule has 26 heavy (non-hydrogen) atoms. The molecule has 0 spiro atoms. The minimum atomic E-state index is -0.728. The van der Waals surface area contributed by atoms with Gasteiger partial charge in [0.2, 0.25) is 5.91 Å². The van der Waals surface area contributed by atoms with Gasteiger partial charge in [0.25, 0.3) is 0 Å². The van der Waals surface area contributed by atoms with Crippen LogP contribution in [0.1, 0.15) is 31.9 Å². The molecule has 138 valence electrons. The highest BCUT2D eigenvalue weighted by atomic mass is 32.2. The van der Waals surface area contributed by atoms with Gasteiger partial charge in [0.1, 0.15) is 4.75 Å². The van der Waals surface area contributed by atoms with Gasteiger partial charge in [0.05, 0.1) is 0 Å². The molecular formula is C21H26N2OS2. The van der Waals surface area contributed by atoms with Crippen molar-refractivity contribution in [2.45, 2.75) is 31.3 Å². The van der Waals surface area contributed by atoms with Crippen molar-refractivity contribution in [2.75, 3.05) is 13.1 Å². The summed E-state index contributed by atoms with van der Waals surface area (Å²) in [5.74, 6) is 0.666. The molecular weight excluding hydrogens is 360 g/mol. The molecule has 0 saturated carbocycles. The van der Waals surface area contributed by atoms with Gasteiger partial charge in [-0.1, -0.05) is 60.7 Å². The van der Waals surface area contributed by atoms with Gasteiger partial charge >= 0.3 is 0 Å². The van der Waals surface area contributed by atoms with Gasteiger partial charge in [0.15, 0.2) is 5.11 Å². The van der Waals surface area contributed by atoms with E-state index in [9.17, 15) is 4.79 Å². The number of nitrogens with one attached hydrogen (secondary N) is 1. The summed E-state index contributed by atoms with van der Waals surface area (Å²) in [5, 5.41) is 3.44. The van der Waals surface area contributed by atoms with E-state index in [2.05, 4.69) is 17.4 Å². The van der Waals surface area contributed by atoms with E-state index in [-0.39, 0.29) is 5.91 Å². The van der Waals surface area contributed by atoms with E-state index < -0.39 is 4.75 Å². The molecule has 0 unspecified atom stereocenters. The van der Waals surface area contributed by atoms with Gasteiger partial charge in [-0.05, 0) is 44.1 Å². The lowest BCUT2D eigenvalue weighted by molar-refractivity contribution is -0.121. The minimum absolute atomic E-state index is 0.0819. The molecule has 0 heterocycles. The second-order valence-electron chi connectivity index (χ2n) is 6.11. The number of nitrogens with zero attached hydrogens (tertiary/aromatic N) is 1. The lowest BCUT2D eigenvalue weighted by Gasteiger charge is -2.30. The fourth-order valence-electron chi connectivity index (χ4n) is 2.64. The van der Waals surface area contributed by atoms with Crippen molar-refractivity contribution in [3.05, 3.63) is 71.8 Å². The Bertz CT molecular complexity index is 717. The zero-order chi connectivity index (χ0) is 19.0. The SMILES string of the molecule is CCN(CC)C(=S)NC(=O)[C@@](C)(SCc1ccccc1)c1ccccc1. The molecule has 1 N–H and O–H groups in total. The van der Waals surface area contributed by atoms with E-state index in [1.807, 2.05) is 74.2 Å². The lowest BCUT2D eigenvalue weighted by Crippen LogP contribution is -2.48. The smallest absolute Gasteiger partial charge is 0.246 e. The molecule has 0 fully saturated rings. The molecule has 5 heteroatoms. The predicted molar refractivity (Wildman–Crippen MR) is 115 cm³/mol. The van der Waals surface area contributed by atoms with Crippen LogP contribution in [0.2, 0.25) is 0 Å². The Hall–Kier alpha value is -1.85.